The van der Waals surface area contributed by atoms with E-state index in [2.05, 4.69) is 26.2 Å². The van der Waals surface area contributed by atoms with E-state index < -0.39 is 15.3 Å². The quantitative estimate of drug-likeness (QED) is 0.897. The first kappa shape index (κ1) is 15.1. The molecule has 0 aliphatic heterocycles. The minimum Gasteiger partial charge on any atom is -0.253 e. The largest absolute Gasteiger partial charge is 0.253 e. The van der Waals surface area contributed by atoms with E-state index in [0.717, 1.165) is 0 Å². The van der Waals surface area contributed by atoms with Crippen molar-refractivity contribution in [3.05, 3.63) is 24.4 Å². The fourth-order valence-corrected chi connectivity index (χ4v) is 2.92. The summed E-state index contributed by atoms with van der Waals surface area (Å²) in [6.07, 6.45) is 1.81. The maximum atomic E-state index is 12.2. The molecule has 0 radical (unpaired) electrons. The minimum atomic E-state index is -3.60. The van der Waals surface area contributed by atoms with Gasteiger partial charge in [0, 0.05) is 6.20 Å². The Bertz CT molecular complexity index is 759. The first-order valence-corrected chi connectivity index (χ1v) is 7.97. The minimum absolute atomic E-state index is 0.162. The summed E-state index contributed by atoms with van der Waals surface area (Å²) in [4.78, 5) is 8.04. The molecule has 2 rings (SSSR count). The number of hydrogen-bond donors (Lipinski definition) is 1. The molecule has 2 aromatic heterocycles. The summed E-state index contributed by atoms with van der Waals surface area (Å²) < 4.78 is 24.4. The molecule has 0 bridgehead atoms. The molecule has 21 heavy (non-hydrogen) atoms. The molecule has 0 amide bonds. The summed E-state index contributed by atoms with van der Waals surface area (Å²) in [5.41, 5.74) is -0.204. The summed E-state index contributed by atoms with van der Waals surface area (Å²) in [5.74, 6) is 0.0680. The molecule has 0 saturated heterocycles. The van der Waals surface area contributed by atoms with Gasteiger partial charge >= 0.3 is 0 Å². The van der Waals surface area contributed by atoms with Crippen molar-refractivity contribution in [2.75, 3.05) is 5.75 Å². The zero-order valence-electron chi connectivity index (χ0n) is 11.7. The van der Waals surface area contributed by atoms with Crippen LogP contribution in [0.25, 0.3) is 11.5 Å². The fraction of sp³-hybridized carbons (Fsp3) is 0.385. The lowest BCUT2D eigenvalue weighted by Gasteiger charge is -2.13. The van der Waals surface area contributed by atoms with Gasteiger partial charge in [0.25, 0.3) is 0 Å². The average molecular weight is 305 g/mol. The van der Waals surface area contributed by atoms with Crippen LogP contribution in [0.15, 0.2) is 29.6 Å². The molecule has 2 aromatic rings. The van der Waals surface area contributed by atoms with E-state index >= 15 is 0 Å². The predicted octanol–water partition coefficient (Wildman–Crippen LogP) is 1.58. The molecule has 0 spiro atoms. The van der Waals surface area contributed by atoms with Gasteiger partial charge in [-0.3, -0.25) is 4.98 Å². The molecule has 8 heteroatoms. The molecular formula is C13H15N5O2S. The van der Waals surface area contributed by atoms with Crippen molar-refractivity contribution in [3.8, 4) is 17.6 Å². The van der Waals surface area contributed by atoms with Crippen molar-refractivity contribution in [2.45, 2.75) is 25.4 Å². The van der Waals surface area contributed by atoms with Crippen LogP contribution in [0, 0.1) is 16.7 Å². The lowest BCUT2D eigenvalue weighted by molar-refractivity contribution is 0.472. The van der Waals surface area contributed by atoms with Crippen LogP contribution in [0.5, 0.6) is 0 Å². The summed E-state index contributed by atoms with van der Waals surface area (Å²) in [6, 6.07) is 7.28. The van der Waals surface area contributed by atoms with Crippen LogP contribution in [0.4, 0.5) is 0 Å². The van der Waals surface area contributed by atoms with E-state index in [1.807, 2.05) is 0 Å². The van der Waals surface area contributed by atoms with Crippen molar-refractivity contribution in [2.24, 2.45) is 5.41 Å². The third kappa shape index (κ3) is 3.64. The number of nitrogens with zero attached hydrogens (tertiary/aromatic N) is 4. The van der Waals surface area contributed by atoms with E-state index in [0.29, 0.717) is 5.69 Å². The van der Waals surface area contributed by atoms with Crippen LogP contribution >= 0.6 is 0 Å². The first-order valence-electron chi connectivity index (χ1n) is 6.32. The van der Waals surface area contributed by atoms with Gasteiger partial charge in [0.15, 0.2) is 0 Å². The van der Waals surface area contributed by atoms with Crippen LogP contribution in [0.2, 0.25) is 0 Å². The third-order valence-corrected chi connectivity index (χ3v) is 4.47. The van der Waals surface area contributed by atoms with Gasteiger partial charge in [-0.1, -0.05) is 6.07 Å². The van der Waals surface area contributed by atoms with Crippen LogP contribution in [0.1, 0.15) is 20.3 Å². The number of pyridine rings is 1. The Morgan fingerprint density at radius 2 is 2.14 bits per heavy atom. The maximum Gasteiger partial charge on any atom is 0.243 e. The first-order chi connectivity index (χ1) is 9.84. The lowest BCUT2D eigenvalue weighted by atomic mass is 9.93. The van der Waals surface area contributed by atoms with Crippen LogP contribution in [-0.4, -0.2) is 34.3 Å². The number of hydrogen-bond acceptors (Lipinski definition) is 6. The van der Waals surface area contributed by atoms with Crippen molar-refractivity contribution >= 4 is 9.84 Å². The van der Waals surface area contributed by atoms with Gasteiger partial charge < -0.3 is 0 Å². The highest BCUT2D eigenvalue weighted by Crippen LogP contribution is 2.21. The molecule has 1 N–H and O–H groups in total. The Kier molecular flexibility index (Phi) is 4.04. The number of sulfone groups is 1. The molecular weight excluding hydrogens is 290 g/mol. The van der Waals surface area contributed by atoms with E-state index in [1.54, 1.807) is 38.2 Å². The van der Waals surface area contributed by atoms with Gasteiger partial charge in [0.1, 0.15) is 5.69 Å². The van der Waals surface area contributed by atoms with Crippen LogP contribution in [0.3, 0.4) is 0 Å². The smallest absolute Gasteiger partial charge is 0.243 e. The number of aromatic nitrogens is 4. The normalized spacial score (nSPS) is 12.0. The zero-order chi connectivity index (χ0) is 15.5. The van der Waals surface area contributed by atoms with Gasteiger partial charge in [-0.25, -0.2) is 13.5 Å². The molecule has 0 atom stereocenters. The van der Waals surface area contributed by atoms with E-state index in [9.17, 15) is 8.42 Å². The Labute approximate surface area is 123 Å². The second-order valence-electron chi connectivity index (χ2n) is 5.24. The van der Waals surface area contributed by atoms with Crippen molar-refractivity contribution in [1.29, 1.82) is 5.26 Å². The van der Waals surface area contributed by atoms with Crippen molar-refractivity contribution in [1.82, 2.24) is 20.2 Å². The van der Waals surface area contributed by atoms with Crippen molar-refractivity contribution in [3.63, 3.8) is 0 Å². The summed E-state index contributed by atoms with van der Waals surface area (Å²) in [5, 5.41) is 15.0. The highest BCUT2D eigenvalue weighted by atomic mass is 32.2. The summed E-state index contributed by atoms with van der Waals surface area (Å²) in [6.45, 7) is 3.39. The Hall–Kier alpha value is -2.27. The second-order valence-corrected chi connectivity index (χ2v) is 7.27. The molecule has 0 unspecified atom stereocenters. The maximum absolute atomic E-state index is 12.2. The van der Waals surface area contributed by atoms with Crippen LogP contribution in [-0.2, 0) is 9.84 Å². The van der Waals surface area contributed by atoms with E-state index in [-0.39, 0.29) is 23.2 Å². The Morgan fingerprint density at radius 3 is 2.76 bits per heavy atom. The number of nitriles is 1. The molecule has 110 valence electrons. The van der Waals surface area contributed by atoms with Gasteiger partial charge in [-0.15, -0.1) is 0 Å². The van der Waals surface area contributed by atoms with Gasteiger partial charge in [0.2, 0.25) is 20.8 Å². The third-order valence-electron chi connectivity index (χ3n) is 2.95. The molecule has 2 heterocycles. The van der Waals surface area contributed by atoms with Crippen molar-refractivity contribution < 1.29 is 8.42 Å². The zero-order valence-corrected chi connectivity index (χ0v) is 12.6. The number of rotatable bonds is 5. The van der Waals surface area contributed by atoms with E-state index in [1.165, 1.54) is 0 Å². The average Bonchev–Trinajstić information content (AvgIpc) is 2.97. The van der Waals surface area contributed by atoms with Gasteiger partial charge in [-0.2, -0.15) is 15.3 Å². The highest BCUT2D eigenvalue weighted by Gasteiger charge is 2.25. The Morgan fingerprint density at radius 1 is 1.38 bits per heavy atom. The summed E-state index contributed by atoms with van der Waals surface area (Å²) in [7, 11) is -3.60. The predicted molar refractivity (Wildman–Crippen MR) is 75.7 cm³/mol. The van der Waals surface area contributed by atoms with E-state index in [4.69, 9.17) is 5.26 Å². The summed E-state index contributed by atoms with van der Waals surface area (Å²) >= 11 is 0. The van der Waals surface area contributed by atoms with Gasteiger partial charge in [-0.05, 0) is 32.4 Å². The monoisotopic (exact) mass is 305 g/mol. The lowest BCUT2D eigenvalue weighted by Crippen LogP contribution is -2.17. The standard InChI is InChI=1S/C13H15N5O2S/c1-13(2,9-14)6-8-21(19,20)12-16-11(17-18-12)10-5-3-4-7-15-10/h3-5,7H,6,8H2,1-2H3,(H,16,17,18). The molecule has 0 aliphatic rings. The molecule has 0 aromatic carbocycles. The fourth-order valence-electron chi connectivity index (χ4n) is 1.54. The molecule has 0 aliphatic carbocycles. The van der Waals surface area contributed by atoms with Gasteiger partial charge in [0.05, 0.1) is 17.2 Å². The Balaban J connectivity index is 2.19. The number of nitrogens with one attached hydrogen (secondary N) is 1. The van der Waals surface area contributed by atoms with Crippen LogP contribution < -0.4 is 0 Å². The SMILES string of the molecule is CC(C)(C#N)CCS(=O)(=O)c1nc(-c2ccccn2)n[nH]1. The topological polar surface area (TPSA) is 112 Å². The molecule has 0 saturated carbocycles. The molecule has 0 fully saturated rings. The molecule has 7 nitrogen and oxygen atoms in total. The highest BCUT2D eigenvalue weighted by molar-refractivity contribution is 7.91. The second kappa shape index (κ2) is 5.61. The number of H-pyrrole nitrogens is 1. The number of aromatic amines is 1.